The minimum atomic E-state index is -2.06. The van der Waals surface area contributed by atoms with E-state index in [0.717, 1.165) is 25.7 Å². The van der Waals surface area contributed by atoms with E-state index in [2.05, 4.69) is 13.8 Å². The first-order valence-electron chi connectivity index (χ1n) is 14.3. The smallest absolute Gasteiger partial charge is 0.259 e. The summed E-state index contributed by atoms with van der Waals surface area (Å²) in [5.74, 6) is -0.528. The van der Waals surface area contributed by atoms with E-state index in [1.165, 1.54) is 103 Å². The van der Waals surface area contributed by atoms with E-state index in [4.69, 9.17) is 0 Å². The van der Waals surface area contributed by atoms with Gasteiger partial charge in [-0.25, -0.2) is 0 Å². The van der Waals surface area contributed by atoms with Crippen molar-refractivity contribution < 1.29 is 20.1 Å². The van der Waals surface area contributed by atoms with Crippen LogP contribution in [0.3, 0.4) is 0 Å². The molecule has 0 aliphatic carbocycles. The number of rotatable bonds is 25. The second-order valence-corrected chi connectivity index (χ2v) is 10.0. The molecule has 0 aliphatic rings. The van der Waals surface area contributed by atoms with Crippen LogP contribution in [0.1, 0.15) is 142 Å². The first kappa shape index (κ1) is 32.4. The van der Waals surface area contributed by atoms with Gasteiger partial charge < -0.3 is 20.2 Å². The summed E-state index contributed by atoms with van der Waals surface area (Å²) in [7, 11) is 0. The molecule has 0 aromatic carbocycles. The molecule has 0 unspecified atom stereocenters. The monoisotopic (exact) mass is 471 g/mol. The van der Waals surface area contributed by atoms with Crippen molar-refractivity contribution in [3.63, 3.8) is 0 Å². The summed E-state index contributed by atoms with van der Waals surface area (Å²) >= 11 is 0. The predicted octanol–water partition coefficient (Wildman–Crippen LogP) is 6.37. The molecule has 0 aliphatic heterocycles. The normalized spacial score (nSPS) is 11.8. The van der Waals surface area contributed by atoms with Crippen LogP contribution in [0.2, 0.25) is 0 Å². The number of aliphatic hydroxyl groups excluding tert-OH is 2. The third kappa shape index (κ3) is 17.4. The highest BCUT2D eigenvalue weighted by Gasteiger charge is 2.37. The van der Waals surface area contributed by atoms with Crippen LogP contribution in [0.5, 0.6) is 0 Å². The van der Waals surface area contributed by atoms with Gasteiger partial charge in [0.1, 0.15) is 0 Å². The number of hydrogen-bond acceptors (Lipinski definition) is 4. The Hall–Kier alpha value is -0.650. The fourth-order valence-corrected chi connectivity index (χ4v) is 4.37. The Bertz CT molecular complexity index is 402. The molecule has 0 aromatic heterocycles. The topological polar surface area (TPSA) is 81.0 Å². The minimum absolute atomic E-state index is 0.528. The summed E-state index contributed by atoms with van der Waals surface area (Å²) in [6.45, 7) is 4.19. The first-order valence-corrected chi connectivity index (χ1v) is 14.3. The molecule has 0 saturated heterocycles. The maximum Gasteiger partial charge on any atom is 0.259 e. The van der Waals surface area contributed by atoms with Gasteiger partial charge in [-0.3, -0.25) is 4.79 Å². The minimum Gasteiger partial charge on any atom is -0.393 e. The van der Waals surface area contributed by atoms with E-state index in [1.807, 2.05) is 0 Å². The lowest BCUT2D eigenvalue weighted by Gasteiger charge is -2.31. The summed E-state index contributed by atoms with van der Waals surface area (Å²) in [5.41, 5.74) is -2.06. The van der Waals surface area contributed by atoms with Gasteiger partial charge in [-0.05, 0) is 12.8 Å². The van der Waals surface area contributed by atoms with Crippen molar-refractivity contribution in [1.29, 1.82) is 0 Å². The number of nitrogens with zero attached hydrogens (tertiary/aromatic N) is 1. The van der Waals surface area contributed by atoms with Gasteiger partial charge in [-0.1, -0.05) is 129 Å². The molecule has 3 N–H and O–H groups in total. The Morgan fingerprint density at radius 2 is 0.818 bits per heavy atom. The summed E-state index contributed by atoms with van der Waals surface area (Å²) in [6, 6.07) is 0. The number of carbonyl (C=O) groups excluding carboxylic acids is 1. The molecular weight excluding hydrogens is 414 g/mol. The standard InChI is InChI=1S/C28H57NO4/c1-3-5-7-9-11-13-15-17-19-21-23-29(27(32)28(33,25-30)26-31)24-22-20-18-16-14-12-10-8-6-4-2/h30-31,33H,3-26H2,1-2H3. The molecule has 0 saturated carbocycles. The first-order chi connectivity index (χ1) is 16.1. The maximum atomic E-state index is 12.8. The Labute approximate surface area is 205 Å². The summed E-state index contributed by atoms with van der Waals surface area (Å²) in [5, 5.41) is 29.2. The largest absolute Gasteiger partial charge is 0.393 e. The van der Waals surface area contributed by atoms with Crippen LogP contribution in [-0.4, -0.2) is 58.0 Å². The molecule has 1 amide bonds. The average Bonchev–Trinajstić information content (AvgIpc) is 2.84. The fourth-order valence-electron chi connectivity index (χ4n) is 4.37. The molecule has 198 valence electrons. The van der Waals surface area contributed by atoms with E-state index in [0.29, 0.717) is 13.1 Å². The maximum absolute atomic E-state index is 12.8. The third-order valence-electron chi connectivity index (χ3n) is 6.77. The SMILES string of the molecule is CCCCCCCCCCCCN(CCCCCCCCCCCC)C(=O)C(O)(CO)CO. The Morgan fingerprint density at radius 3 is 1.09 bits per heavy atom. The Kier molecular flexibility index (Phi) is 22.7. The van der Waals surface area contributed by atoms with Crippen LogP contribution in [0.25, 0.3) is 0 Å². The number of carbonyl (C=O) groups is 1. The van der Waals surface area contributed by atoms with Gasteiger partial charge in [0, 0.05) is 13.1 Å². The second-order valence-electron chi connectivity index (χ2n) is 10.0. The zero-order chi connectivity index (χ0) is 24.6. The molecule has 0 heterocycles. The fraction of sp³-hybridized carbons (Fsp3) is 0.964. The molecule has 33 heavy (non-hydrogen) atoms. The van der Waals surface area contributed by atoms with E-state index in [1.54, 1.807) is 4.90 Å². The van der Waals surface area contributed by atoms with Gasteiger partial charge in [0.15, 0.2) is 5.60 Å². The van der Waals surface area contributed by atoms with Crippen LogP contribution >= 0.6 is 0 Å². The van der Waals surface area contributed by atoms with Gasteiger partial charge in [-0.2, -0.15) is 0 Å². The van der Waals surface area contributed by atoms with Crippen molar-refractivity contribution in [3.8, 4) is 0 Å². The van der Waals surface area contributed by atoms with E-state index in [9.17, 15) is 20.1 Å². The molecule has 5 nitrogen and oxygen atoms in total. The van der Waals surface area contributed by atoms with Gasteiger partial charge in [0.25, 0.3) is 5.91 Å². The second kappa shape index (κ2) is 23.1. The lowest BCUT2D eigenvalue weighted by Crippen LogP contribution is -2.54. The quantitative estimate of drug-likeness (QED) is 0.135. The molecule has 5 heteroatoms. The summed E-state index contributed by atoms with van der Waals surface area (Å²) in [6.07, 6.45) is 24.7. The van der Waals surface area contributed by atoms with Gasteiger partial charge in [-0.15, -0.1) is 0 Å². The Balaban J connectivity index is 4.14. The van der Waals surface area contributed by atoms with Crippen molar-refractivity contribution in [1.82, 2.24) is 4.90 Å². The van der Waals surface area contributed by atoms with E-state index >= 15 is 0 Å². The lowest BCUT2D eigenvalue weighted by molar-refractivity contribution is -0.160. The number of unbranched alkanes of at least 4 members (excludes halogenated alkanes) is 18. The molecule has 0 spiro atoms. The average molecular weight is 472 g/mol. The number of amides is 1. The molecule has 0 bridgehead atoms. The highest BCUT2D eigenvalue weighted by atomic mass is 16.4. The summed E-state index contributed by atoms with van der Waals surface area (Å²) in [4.78, 5) is 14.4. The van der Waals surface area contributed by atoms with Crippen LogP contribution < -0.4 is 0 Å². The number of hydrogen-bond donors (Lipinski definition) is 3. The van der Waals surface area contributed by atoms with Crippen LogP contribution in [0, 0.1) is 0 Å². The molecule has 0 radical (unpaired) electrons. The molecular formula is C28H57NO4. The molecule has 0 rings (SSSR count). The van der Waals surface area contributed by atoms with Crippen molar-refractivity contribution >= 4 is 5.91 Å². The van der Waals surface area contributed by atoms with Crippen molar-refractivity contribution in [2.75, 3.05) is 26.3 Å². The summed E-state index contributed by atoms with van der Waals surface area (Å²) < 4.78 is 0. The molecule has 0 atom stereocenters. The molecule has 0 aromatic rings. The van der Waals surface area contributed by atoms with Crippen molar-refractivity contribution in [3.05, 3.63) is 0 Å². The van der Waals surface area contributed by atoms with Gasteiger partial charge in [0.2, 0.25) is 0 Å². The van der Waals surface area contributed by atoms with Crippen LogP contribution in [-0.2, 0) is 4.79 Å². The lowest BCUT2D eigenvalue weighted by atomic mass is 10.0. The van der Waals surface area contributed by atoms with Crippen LogP contribution in [0.15, 0.2) is 0 Å². The molecule has 0 fully saturated rings. The van der Waals surface area contributed by atoms with Crippen molar-refractivity contribution in [2.24, 2.45) is 0 Å². The zero-order valence-electron chi connectivity index (χ0n) is 22.2. The van der Waals surface area contributed by atoms with E-state index < -0.39 is 24.7 Å². The van der Waals surface area contributed by atoms with Gasteiger partial charge in [0.05, 0.1) is 13.2 Å². The predicted molar refractivity (Wildman–Crippen MR) is 139 cm³/mol. The highest BCUT2D eigenvalue weighted by molar-refractivity contribution is 5.85. The Morgan fingerprint density at radius 1 is 0.545 bits per heavy atom. The number of aliphatic hydroxyl groups is 3. The highest BCUT2D eigenvalue weighted by Crippen LogP contribution is 2.15. The van der Waals surface area contributed by atoms with E-state index in [-0.39, 0.29) is 0 Å². The van der Waals surface area contributed by atoms with Gasteiger partial charge >= 0.3 is 0 Å². The van der Waals surface area contributed by atoms with Crippen molar-refractivity contribution in [2.45, 2.75) is 148 Å². The third-order valence-corrected chi connectivity index (χ3v) is 6.77. The van der Waals surface area contributed by atoms with Crippen LogP contribution in [0.4, 0.5) is 0 Å². The zero-order valence-corrected chi connectivity index (χ0v) is 22.2.